The van der Waals surface area contributed by atoms with Crippen molar-refractivity contribution in [2.24, 2.45) is 0 Å². The largest absolute Gasteiger partial charge is 0.435 e. The lowest BCUT2D eigenvalue weighted by Crippen LogP contribution is -2.12. The van der Waals surface area contributed by atoms with E-state index in [1.807, 2.05) is 6.92 Å². The molecule has 0 atom stereocenters. The van der Waals surface area contributed by atoms with Crippen molar-refractivity contribution in [1.29, 1.82) is 0 Å². The van der Waals surface area contributed by atoms with E-state index in [1.54, 1.807) is 12.1 Å². The maximum atomic E-state index is 12.1. The van der Waals surface area contributed by atoms with Crippen molar-refractivity contribution >= 4 is 46.4 Å². The van der Waals surface area contributed by atoms with Crippen molar-refractivity contribution in [3.8, 4) is 17.0 Å². The quantitative estimate of drug-likeness (QED) is 0.799. The highest BCUT2D eigenvalue weighted by molar-refractivity contribution is 7.16. The minimum absolute atomic E-state index is 0. The van der Waals surface area contributed by atoms with Crippen molar-refractivity contribution in [3.63, 3.8) is 0 Å². The summed E-state index contributed by atoms with van der Waals surface area (Å²) in [6.45, 7) is -0.998. The summed E-state index contributed by atoms with van der Waals surface area (Å²) in [7, 11) is 0. The number of nitrogens with one attached hydrogen (secondary N) is 1. The molecule has 4 nitrogen and oxygen atoms in total. The van der Waals surface area contributed by atoms with Crippen LogP contribution in [0.1, 0.15) is 4.88 Å². The maximum absolute atomic E-state index is 12.1. The van der Waals surface area contributed by atoms with Gasteiger partial charge in [0.25, 0.3) is 0 Å². The molecule has 1 heterocycles. The molecule has 0 aliphatic carbocycles. The molecular weight excluding hydrogens is 357 g/mol. The van der Waals surface area contributed by atoms with Crippen LogP contribution in [-0.4, -0.2) is 23.4 Å². The minimum Gasteiger partial charge on any atom is -0.435 e. The Morgan fingerprint density at radius 1 is 1.41 bits per heavy atom. The first-order valence-corrected chi connectivity index (χ1v) is 7.23. The summed E-state index contributed by atoms with van der Waals surface area (Å²) in [5.74, 6) is -0.400. The van der Waals surface area contributed by atoms with Gasteiger partial charge in [-0.2, -0.15) is 8.78 Å². The molecule has 1 aromatic heterocycles. The van der Waals surface area contributed by atoms with E-state index in [4.69, 9.17) is 11.6 Å². The number of aryl methyl sites for hydroxylation is 1. The predicted molar refractivity (Wildman–Crippen MR) is 85.5 cm³/mol. The third kappa shape index (κ3) is 4.79. The number of benzene rings is 1. The first kappa shape index (κ1) is 18.6. The summed E-state index contributed by atoms with van der Waals surface area (Å²) < 4.78 is 28.5. The van der Waals surface area contributed by atoms with Gasteiger partial charge in [-0.1, -0.05) is 0 Å². The summed E-state index contributed by atoms with van der Waals surface area (Å²) in [6, 6.07) is 6.15. The molecular formula is C13H12Cl2F2N2O2S. The SMILES string of the molecule is Cc1sc(NC(=O)CCl)nc1-c1ccc(OC(F)F)cc1.Cl. The standard InChI is InChI=1S/C13H11ClF2N2O2S.ClH/c1-7-11(18-13(21-7)17-10(19)6-14)8-2-4-9(5-3-8)20-12(15)16;/h2-5,12H,6H2,1H3,(H,17,18,19);1H. The number of hydrogen-bond acceptors (Lipinski definition) is 4. The number of halogens is 4. The van der Waals surface area contributed by atoms with E-state index in [1.165, 1.54) is 23.5 Å². The number of carbonyl (C=O) groups is 1. The van der Waals surface area contributed by atoms with Crippen LogP contribution in [0.25, 0.3) is 11.3 Å². The molecule has 0 saturated heterocycles. The second-order valence-corrected chi connectivity index (χ2v) is 5.48. The Kier molecular flexibility index (Phi) is 6.99. The number of carbonyl (C=O) groups excluding carboxylic acids is 1. The van der Waals surface area contributed by atoms with Gasteiger partial charge < -0.3 is 10.1 Å². The van der Waals surface area contributed by atoms with Crippen molar-refractivity contribution in [2.45, 2.75) is 13.5 Å². The predicted octanol–water partition coefficient (Wildman–Crippen LogP) is 4.32. The number of anilines is 1. The fourth-order valence-electron chi connectivity index (χ4n) is 1.66. The zero-order valence-corrected chi connectivity index (χ0v) is 13.7. The van der Waals surface area contributed by atoms with Crippen LogP contribution >= 0.6 is 35.3 Å². The topological polar surface area (TPSA) is 51.2 Å². The zero-order chi connectivity index (χ0) is 15.4. The lowest BCUT2D eigenvalue weighted by molar-refractivity contribution is -0.113. The third-order valence-corrected chi connectivity index (χ3v) is 3.65. The van der Waals surface area contributed by atoms with Crippen molar-refractivity contribution in [3.05, 3.63) is 29.1 Å². The van der Waals surface area contributed by atoms with Gasteiger partial charge >= 0.3 is 6.61 Å². The van der Waals surface area contributed by atoms with Crippen molar-refractivity contribution in [1.82, 2.24) is 4.98 Å². The Morgan fingerprint density at radius 2 is 2.05 bits per heavy atom. The van der Waals surface area contributed by atoms with Crippen LogP contribution in [0.5, 0.6) is 5.75 Å². The van der Waals surface area contributed by atoms with Gasteiger partial charge in [-0.15, -0.1) is 35.3 Å². The Labute approximate surface area is 140 Å². The van der Waals surface area contributed by atoms with Gasteiger partial charge in [-0.25, -0.2) is 4.98 Å². The van der Waals surface area contributed by atoms with Gasteiger partial charge in [0.15, 0.2) is 5.13 Å². The molecule has 1 amide bonds. The molecule has 22 heavy (non-hydrogen) atoms. The highest BCUT2D eigenvalue weighted by atomic mass is 35.5. The van der Waals surface area contributed by atoms with E-state index in [2.05, 4.69) is 15.0 Å². The molecule has 0 saturated carbocycles. The van der Waals surface area contributed by atoms with Crippen LogP contribution in [0, 0.1) is 6.92 Å². The monoisotopic (exact) mass is 368 g/mol. The molecule has 1 aromatic carbocycles. The Bertz CT molecular complexity index is 635. The molecule has 0 bridgehead atoms. The van der Waals surface area contributed by atoms with E-state index in [0.717, 1.165) is 10.4 Å². The molecule has 0 unspecified atom stereocenters. The molecule has 0 fully saturated rings. The van der Waals surface area contributed by atoms with Gasteiger partial charge in [-0.3, -0.25) is 4.79 Å². The number of aromatic nitrogens is 1. The Balaban J connectivity index is 0.00000242. The normalized spacial score (nSPS) is 10.2. The summed E-state index contributed by atoms with van der Waals surface area (Å²) in [6.07, 6.45) is 0. The van der Waals surface area contributed by atoms with Crippen LogP contribution in [0.15, 0.2) is 24.3 Å². The number of nitrogens with zero attached hydrogens (tertiary/aromatic N) is 1. The lowest BCUT2D eigenvalue weighted by atomic mass is 10.1. The number of rotatable bonds is 5. The molecule has 1 N–H and O–H groups in total. The molecule has 9 heteroatoms. The van der Waals surface area contributed by atoms with E-state index in [-0.39, 0.29) is 29.9 Å². The van der Waals surface area contributed by atoms with Crippen LogP contribution in [0.4, 0.5) is 13.9 Å². The van der Waals surface area contributed by atoms with E-state index >= 15 is 0 Å². The van der Waals surface area contributed by atoms with Crippen LogP contribution in [0.2, 0.25) is 0 Å². The number of amides is 1. The molecule has 2 aromatic rings. The van der Waals surface area contributed by atoms with E-state index < -0.39 is 6.61 Å². The second-order valence-electron chi connectivity index (χ2n) is 4.01. The highest BCUT2D eigenvalue weighted by Crippen LogP contribution is 2.31. The van der Waals surface area contributed by atoms with Gasteiger partial charge in [0.2, 0.25) is 5.91 Å². The second kappa shape index (κ2) is 8.26. The van der Waals surface area contributed by atoms with Gasteiger partial charge in [0.1, 0.15) is 11.6 Å². The van der Waals surface area contributed by atoms with Gasteiger partial charge in [0, 0.05) is 10.4 Å². The average Bonchev–Trinajstić information content (AvgIpc) is 2.79. The summed E-state index contributed by atoms with van der Waals surface area (Å²) >= 11 is 6.73. The maximum Gasteiger partial charge on any atom is 0.387 e. The molecule has 0 aliphatic rings. The van der Waals surface area contributed by atoms with Crippen molar-refractivity contribution < 1.29 is 18.3 Å². The summed E-state index contributed by atoms with van der Waals surface area (Å²) in [5, 5.41) is 3.02. The fraction of sp³-hybridized carbons (Fsp3) is 0.231. The lowest BCUT2D eigenvalue weighted by Gasteiger charge is -2.05. The average molecular weight is 369 g/mol. The number of thiazole rings is 1. The first-order valence-electron chi connectivity index (χ1n) is 5.88. The number of alkyl halides is 3. The molecule has 2 rings (SSSR count). The van der Waals surface area contributed by atoms with Gasteiger partial charge in [0.05, 0.1) is 5.69 Å². The minimum atomic E-state index is -2.85. The molecule has 120 valence electrons. The number of ether oxygens (including phenoxy) is 1. The summed E-state index contributed by atoms with van der Waals surface area (Å²) in [4.78, 5) is 16.4. The Hall–Kier alpha value is -1.44. The van der Waals surface area contributed by atoms with Crippen LogP contribution in [0.3, 0.4) is 0 Å². The number of hydrogen-bond donors (Lipinski definition) is 1. The fourth-order valence-corrected chi connectivity index (χ4v) is 2.58. The zero-order valence-electron chi connectivity index (χ0n) is 11.3. The van der Waals surface area contributed by atoms with Crippen LogP contribution < -0.4 is 10.1 Å². The highest BCUT2D eigenvalue weighted by Gasteiger charge is 2.12. The summed E-state index contributed by atoms with van der Waals surface area (Å²) in [5.41, 5.74) is 1.42. The third-order valence-electron chi connectivity index (χ3n) is 2.52. The van der Waals surface area contributed by atoms with Crippen LogP contribution in [-0.2, 0) is 4.79 Å². The molecule has 0 aliphatic heterocycles. The molecule has 0 spiro atoms. The van der Waals surface area contributed by atoms with E-state index in [9.17, 15) is 13.6 Å². The smallest absolute Gasteiger partial charge is 0.387 e. The van der Waals surface area contributed by atoms with E-state index in [0.29, 0.717) is 10.8 Å². The van der Waals surface area contributed by atoms with Gasteiger partial charge in [-0.05, 0) is 31.2 Å². The Morgan fingerprint density at radius 3 is 2.59 bits per heavy atom. The first-order chi connectivity index (χ1) is 9.99. The van der Waals surface area contributed by atoms with Crippen molar-refractivity contribution in [2.75, 3.05) is 11.2 Å². The molecule has 0 radical (unpaired) electrons.